The Labute approximate surface area is 118 Å². The minimum Gasteiger partial charge on any atom is -0.450 e. The van der Waals surface area contributed by atoms with Gasteiger partial charge in [0.2, 0.25) is 0 Å². The maximum Gasteiger partial charge on any atom is 0.407 e. The molecule has 6 heteroatoms. The molecule has 5 nitrogen and oxygen atoms in total. The molecule has 0 aliphatic carbocycles. The van der Waals surface area contributed by atoms with Gasteiger partial charge in [-0.25, -0.2) is 4.79 Å². The van der Waals surface area contributed by atoms with E-state index in [-0.39, 0.29) is 6.09 Å². The lowest BCUT2D eigenvalue weighted by Crippen LogP contribution is -2.38. The van der Waals surface area contributed by atoms with E-state index in [0.717, 1.165) is 25.3 Å². The Hall–Kier alpha value is -0.593. The summed E-state index contributed by atoms with van der Waals surface area (Å²) >= 11 is 0. The molecule has 1 amide bonds. The van der Waals surface area contributed by atoms with Crippen LogP contribution in [0.5, 0.6) is 0 Å². The van der Waals surface area contributed by atoms with Crippen molar-refractivity contribution < 1.29 is 18.4 Å². The van der Waals surface area contributed by atoms with Crippen LogP contribution >= 0.6 is 0 Å². The molecule has 0 bridgehead atoms. The molecule has 0 unspecified atom stereocenters. The summed E-state index contributed by atoms with van der Waals surface area (Å²) in [5, 5.41) is 2.72. The molecule has 19 heavy (non-hydrogen) atoms. The van der Waals surface area contributed by atoms with E-state index < -0.39 is 8.56 Å². The zero-order valence-corrected chi connectivity index (χ0v) is 13.8. The summed E-state index contributed by atoms with van der Waals surface area (Å²) in [5.41, 5.74) is 0. The first-order chi connectivity index (χ1) is 9.08. The fourth-order valence-electron chi connectivity index (χ4n) is 1.92. The maximum absolute atomic E-state index is 11.0. The van der Waals surface area contributed by atoms with Crippen LogP contribution in [0.4, 0.5) is 4.79 Å². The number of hydrogen-bond acceptors (Lipinski definition) is 4. The van der Waals surface area contributed by atoms with Gasteiger partial charge >= 0.3 is 14.7 Å². The monoisotopic (exact) mass is 291 g/mol. The van der Waals surface area contributed by atoms with Crippen molar-refractivity contribution in [3.63, 3.8) is 0 Å². The molecule has 114 valence electrons. The van der Waals surface area contributed by atoms with Gasteiger partial charge in [0.15, 0.2) is 0 Å². The Balaban J connectivity index is 3.63. The van der Waals surface area contributed by atoms with Crippen molar-refractivity contribution in [3.8, 4) is 0 Å². The summed E-state index contributed by atoms with van der Waals surface area (Å²) in [6.07, 6.45) is 2.77. The first-order valence-corrected chi connectivity index (χ1v) is 9.78. The van der Waals surface area contributed by atoms with Crippen LogP contribution in [-0.4, -0.2) is 41.0 Å². The normalized spacial score (nSPS) is 11.4. The standard InChI is InChI=1S/C13H29NO4Si/c1-5-16-13(15)14-11-9-8-10-12-19(4,17-6-2)18-7-3/h5-12H2,1-4H3,(H,14,15). The molecule has 0 radical (unpaired) electrons. The Morgan fingerprint density at radius 3 is 2.16 bits per heavy atom. The first-order valence-electron chi connectivity index (χ1n) is 7.26. The predicted octanol–water partition coefficient (Wildman–Crippen LogP) is 3.05. The van der Waals surface area contributed by atoms with Crippen molar-refractivity contribution in [2.24, 2.45) is 0 Å². The molecule has 0 aromatic rings. The summed E-state index contributed by atoms with van der Waals surface area (Å²) in [6, 6.07) is 1.01. The predicted molar refractivity (Wildman–Crippen MR) is 78.6 cm³/mol. The third-order valence-electron chi connectivity index (χ3n) is 2.75. The number of hydrogen-bond donors (Lipinski definition) is 1. The van der Waals surface area contributed by atoms with Gasteiger partial charge in [-0.15, -0.1) is 0 Å². The van der Waals surface area contributed by atoms with Gasteiger partial charge in [0.05, 0.1) is 6.61 Å². The third kappa shape index (κ3) is 9.92. The molecule has 0 spiro atoms. The second kappa shape index (κ2) is 11.3. The highest BCUT2D eigenvalue weighted by Gasteiger charge is 2.29. The van der Waals surface area contributed by atoms with Gasteiger partial charge in [-0.3, -0.25) is 0 Å². The third-order valence-corrected chi connectivity index (χ3v) is 5.81. The van der Waals surface area contributed by atoms with Gasteiger partial charge in [-0.2, -0.15) is 0 Å². The van der Waals surface area contributed by atoms with Crippen LogP contribution in [0.15, 0.2) is 0 Å². The topological polar surface area (TPSA) is 56.8 Å². The molecule has 0 aromatic carbocycles. The summed E-state index contributed by atoms with van der Waals surface area (Å²) in [6.45, 7) is 10.4. The summed E-state index contributed by atoms with van der Waals surface area (Å²) in [4.78, 5) is 11.0. The fraction of sp³-hybridized carbons (Fsp3) is 0.923. The lowest BCUT2D eigenvalue weighted by Gasteiger charge is -2.25. The zero-order chi connectivity index (χ0) is 14.6. The largest absolute Gasteiger partial charge is 0.450 e. The Morgan fingerprint density at radius 1 is 1.00 bits per heavy atom. The number of alkyl carbamates (subject to hydrolysis) is 1. The second-order valence-electron chi connectivity index (χ2n) is 4.46. The Kier molecular flexibility index (Phi) is 10.9. The van der Waals surface area contributed by atoms with Crippen LogP contribution in [0.1, 0.15) is 40.0 Å². The number of ether oxygens (including phenoxy) is 1. The van der Waals surface area contributed by atoms with Gasteiger partial charge in [-0.1, -0.05) is 12.8 Å². The second-order valence-corrected chi connectivity index (χ2v) is 7.80. The van der Waals surface area contributed by atoms with Crippen LogP contribution in [0.25, 0.3) is 0 Å². The quantitative estimate of drug-likeness (QED) is 0.469. The van der Waals surface area contributed by atoms with Crippen LogP contribution < -0.4 is 5.32 Å². The molecule has 0 saturated carbocycles. The van der Waals surface area contributed by atoms with Crippen LogP contribution in [0.2, 0.25) is 12.6 Å². The number of carbonyl (C=O) groups is 1. The minimum atomic E-state index is -1.96. The molecule has 1 N–H and O–H groups in total. The summed E-state index contributed by atoms with van der Waals surface area (Å²) < 4.78 is 16.3. The number of carbonyl (C=O) groups excluding carboxylic acids is 1. The van der Waals surface area contributed by atoms with Crippen molar-refractivity contribution in [2.75, 3.05) is 26.4 Å². The van der Waals surface area contributed by atoms with Crippen LogP contribution in [0, 0.1) is 0 Å². The smallest absolute Gasteiger partial charge is 0.407 e. The van der Waals surface area contributed by atoms with E-state index in [4.69, 9.17) is 13.6 Å². The highest BCUT2D eigenvalue weighted by molar-refractivity contribution is 6.66. The molecule has 0 heterocycles. The van der Waals surface area contributed by atoms with Crippen molar-refractivity contribution >= 4 is 14.7 Å². The van der Waals surface area contributed by atoms with Gasteiger partial charge in [0, 0.05) is 19.8 Å². The van der Waals surface area contributed by atoms with Crippen molar-refractivity contribution in [1.29, 1.82) is 0 Å². The van der Waals surface area contributed by atoms with Crippen molar-refractivity contribution in [3.05, 3.63) is 0 Å². The number of unbranched alkanes of at least 4 members (excludes halogenated alkanes) is 2. The van der Waals surface area contributed by atoms with E-state index >= 15 is 0 Å². The first kappa shape index (κ1) is 18.4. The van der Waals surface area contributed by atoms with E-state index in [1.54, 1.807) is 6.92 Å². The molecule has 0 aliphatic rings. The average molecular weight is 291 g/mol. The van der Waals surface area contributed by atoms with Crippen LogP contribution in [-0.2, 0) is 13.6 Å². The van der Waals surface area contributed by atoms with E-state index in [2.05, 4.69) is 11.9 Å². The number of amides is 1. The van der Waals surface area contributed by atoms with Crippen LogP contribution in [0.3, 0.4) is 0 Å². The molecule has 0 saturated heterocycles. The van der Waals surface area contributed by atoms with E-state index in [1.165, 1.54) is 0 Å². The van der Waals surface area contributed by atoms with E-state index in [1.807, 2.05) is 13.8 Å². The molecule has 0 atom stereocenters. The maximum atomic E-state index is 11.0. The highest BCUT2D eigenvalue weighted by atomic mass is 28.4. The molecule has 0 aliphatic heterocycles. The van der Waals surface area contributed by atoms with E-state index in [9.17, 15) is 4.79 Å². The lowest BCUT2D eigenvalue weighted by molar-refractivity contribution is 0.152. The SMILES string of the molecule is CCOC(=O)NCCCCC[Si](C)(OCC)OCC. The van der Waals surface area contributed by atoms with Crippen molar-refractivity contribution in [2.45, 2.75) is 52.6 Å². The lowest BCUT2D eigenvalue weighted by atomic mass is 10.2. The van der Waals surface area contributed by atoms with E-state index in [0.29, 0.717) is 26.4 Å². The fourth-order valence-corrected chi connectivity index (χ4v) is 4.40. The highest BCUT2D eigenvalue weighted by Crippen LogP contribution is 2.17. The van der Waals surface area contributed by atoms with Gasteiger partial charge in [0.1, 0.15) is 0 Å². The molecule has 0 rings (SSSR count). The number of rotatable bonds is 11. The van der Waals surface area contributed by atoms with Crippen molar-refractivity contribution in [1.82, 2.24) is 5.32 Å². The molecule has 0 aromatic heterocycles. The average Bonchev–Trinajstić information content (AvgIpc) is 2.34. The molecule has 0 fully saturated rings. The molecular formula is C13H29NO4Si. The Bertz CT molecular complexity index is 233. The summed E-state index contributed by atoms with van der Waals surface area (Å²) in [5.74, 6) is 0. The summed E-state index contributed by atoms with van der Waals surface area (Å²) in [7, 11) is -1.96. The zero-order valence-electron chi connectivity index (χ0n) is 12.8. The van der Waals surface area contributed by atoms with Gasteiger partial charge in [0.25, 0.3) is 0 Å². The number of nitrogens with one attached hydrogen (secondary N) is 1. The Morgan fingerprint density at radius 2 is 1.63 bits per heavy atom. The van der Waals surface area contributed by atoms with Gasteiger partial charge < -0.3 is 18.9 Å². The minimum absolute atomic E-state index is 0.328. The molecular weight excluding hydrogens is 262 g/mol. The van der Waals surface area contributed by atoms with Gasteiger partial charge in [-0.05, 0) is 39.8 Å².